The highest BCUT2D eigenvalue weighted by Gasteiger charge is 2.13. The molecule has 31 heavy (non-hydrogen) atoms. The molecular weight excluding hydrogens is 382 g/mol. The lowest BCUT2D eigenvalue weighted by Crippen LogP contribution is -2.26. The number of nitrogens with one attached hydrogen (secondary N) is 1. The third-order valence-electron chi connectivity index (χ3n) is 5.39. The van der Waals surface area contributed by atoms with Crippen LogP contribution in [0.4, 0.5) is 0 Å². The van der Waals surface area contributed by atoms with Gasteiger partial charge in [-0.15, -0.1) is 0 Å². The van der Waals surface area contributed by atoms with Crippen molar-refractivity contribution >= 4 is 0 Å². The van der Waals surface area contributed by atoms with Gasteiger partial charge in [-0.1, -0.05) is 52.7 Å². The molecule has 2 rings (SSSR count). The average molecular weight is 424 g/mol. The van der Waals surface area contributed by atoms with Gasteiger partial charge in [-0.3, -0.25) is 0 Å². The van der Waals surface area contributed by atoms with E-state index in [9.17, 15) is 0 Å². The van der Waals surface area contributed by atoms with Crippen molar-refractivity contribution in [2.24, 2.45) is 0 Å². The molecule has 1 atom stereocenters. The SMILES string of the molecule is CC(C)=CCCC(C)=CCC(C=C(C)CCC=C(C)C)NCc1ccc2c(c1)OCO2. The Hall–Kier alpha value is -2.26. The summed E-state index contributed by atoms with van der Waals surface area (Å²) in [5.74, 6) is 1.68. The van der Waals surface area contributed by atoms with Gasteiger partial charge >= 0.3 is 0 Å². The predicted octanol–water partition coefficient (Wildman–Crippen LogP) is 7.65. The summed E-state index contributed by atoms with van der Waals surface area (Å²) in [6, 6.07) is 6.51. The van der Waals surface area contributed by atoms with Crippen LogP contribution in [0.5, 0.6) is 11.5 Å². The van der Waals surface area contributed by atoms with Crippen LogP contribution in [0.2, 0.25) is 0 Å². The first-order chi connectivity index (χ1) is 14.8. The molecule has 1 aliphatic rings. The van der Waals surface area contributed by atoms with Crippen molar-refractivity contribution in [2.45, 2.75) is 86.2 Å². The normalized spacial score (nSPS) is 14.4. The molecule has 1 N–H and O–H groups in total. The summed E-state index contributed by atoms with van der Waals surface area (Å²) in [5.41, 5.74) is 6.90. The van der Waals surface area contributed by atoms with E-state index in [1.54, 1.807) is 0 Å². The van der Waals surface area contributed by atoms with Gasteiger partial charge in [0.15, 0.2) is 11.5 Å². The van der Waals surface area contributed by atoms with Crippen LogP contribution in [-0.4, -0.2) is 12.8 Å². The van der Waals surface area contributed by atoms with E-state index in [0.717, 1.165) is 50.1 Å². The third kappa shape index (κ3) is 10.1. The highest BCUT2D eigenvalue weighted by Crippen LogP contribution is 2.32. The largest absolute Gasteiger partial charge is 0.454 e. The van der Waals surface area contributed by atoms with Gasteiger partial charge in [-0.2, -0.15) is 0 Å². The van der Waals surface area contributed by atoms with Gasteiger partial charge in [0.05, 0.1) is 0 Å². The van der Waals surface area contributed by atoms with Crippen molar-refractivity contribution in [3.05, 3.63) is 70.4 Å². The molecule has 1 aliphatic heterocycles. The van der Waals surface area contributed by atoms with Crippen LogP contribution in [0.1, 0.15) is 79.2 Å². The molecule has 0 aliphatic carbocycles. The molecule has 0 saturated carbocycles. The third-order valence-corrected chi connectivity index (χ3v) is 5.39. The van der Waals surface area contributed by atoms with Crippen molar-refractivity contribution in [2.75, 3.05) is 6.79 Å². The van der Waals surface area contributed by atoms with E-state index in [1.165, 1.54) is 27.9 Å². The maximum Gasteiger partial charge on any atom is 0.231 e. The fourth-order valence-electron chi connectivity index (χ4n) is 3.54. The Morgan fingerprint density at radius 2 is 1.52 bits per heavy atom. The molecule has 1 aromatic rings. The van der Waals surface area contributed by atoms with E-state index in [1.807, 2.05) is 6.07 Å². The second-order valence-electron chi connectivity index (χ2n) is 9.11. The van der Waals surface area contributed by atoms with Gasteiger partial charge in [0, 0.05) is 12.6 Å². The van der Waals surface area contributed by atoms with Gasteiger partial charge in [-0.25, -0.2) is 0 Å². The van der Waals surface area contributed by atoms with Crippen molar-refractivity contribution in [1.29, 1.82) is 0 Å². The molecular formula is C28H41NO2. The van der Waals surface area contributed by atoms with E-state index < -0.39 is 0 Å². The minimum atomic E-state index is 0.315. The van der Waals surface area contributed by atoms with E-state index in [0.29, 0.717) is 12.8 Å². The molecule has 3 nitrogen and oxygen atoms in total. The molecule has 1 heterocycles. The van der Waals surface area contributed by atoms with Crippen molar-refractivity contribution in [3.8, 4) is 11.5 Å². The number of hydrogen-bond acceptors (Lipinski definition) is 3. The Morgan fingerprint density at radius 3 is 2.19 bits per heavy atom. The Kier molecular flexibility index (Phi) is 10.7. The summed E-state index contributed by atoms with van der Waals surface area (Å²) in [5, 5.41) is 3.74. The Bertz CT molecular complexity index is 821. The van der Waals surface area contributed by atoms with Gasteiger partial charge in [0.25, 0.3) is 0 Å². The van der Waals surface area contributed by atoms with E-state index in [2.05, 4.69) is 83.3 Å². The molecule has 170 valence electrons. The Labute approximate surface area is 189 Å². The zero-order chi connectivity index (χ0) is 22.6. The minimum Gasteiger partial charge on any atom is -0.454 e. The first-order valence-corrected chi connectivity index (χ1v) is 11.5. The number of hydrogen-bond donors (Lipinski definition) is 1. The molecule has 0 bridgehead atoms. The van der Waals surface area contributed by atoms with Gasteiger partial charge in [-0.05, 0) is 91.3 Å². The van der Waals surface area contributed by atoms with Crippen LogP contribution in [0.25, 0.3) is 0 Å². The number of allylic oxidation sites excluding steroid dienone is 6. The summed E-state index contributed by atoms with van der Waals surface area (Å²) < 4.78 is 11.0. The topological polar surface area (TPSA) is 30.5 Å². The summed E-state index contributed by atoms with van der Waals surface area (Å²) in [6.45, 7) is 14.3. The van der Waals surface area contributed by atoms with Crippen LogP contribution < -0.4 is 14.8 Å². The van der Waals surface area contributed by atoms with E-state index in [4.69, 9.17) is 9.47 Å². The molecule has 0 aromatic heterocycles. The fraction of sp³-hybridized carbons (Fsp3) is 0.500. The van der Waals surface area contributed by atoms with Gasteiger partial charge in [0.2, 0.25) is 6.79 Å². The molecule has 3 heteroatoms. The zero-order valence-corrected chi connectivity index (χ0v) is 20.4. The molecule has 0 amide bonds. The van der Waals surface area contributed by atoms with E-state index >= 15 is 0 Å². The molecule has 1 unspecified atom stereocenters. The van der Waals surface area contributed by atoms with Crippen LogP contribution >= 0.6 is 0 Å². The average Bonchev–Trinajstić information content (AvgIpc) is 3.17. The second-order valence-corrected chi connectivity index (χ2v) is 9.11. The van der Waals surface area contributed by atoms with Crippen LogP contribution in [0.15, 0.2) is 64.8 Å². The van der Waals surface area contributed by atoms with Crippen LogP contribution in [0, 0.1) is 0 Å². The summed E-state index contributed by atoms with van der Waals surface area (Å²) >= 11 is 0. The first kappa shape index (κ1) is 25.0. The second kappa shape index (κ2) is 13.2. The van der Waals surface area contributed by atoms with Gasteiger partial charge < -0.3 is 14.8 Å². The smallest absolute Gasteiger partial charge is 0.231 e. The lowest BCUT2D eigenvalue weighted by molar-refractivity contribution is 0.174. The lowest BCUT2D eigenvalue weighted by atomic mass is 10.0. The van der Waals surface area contributed by atoms with Crippen molar-refractivity contribution in [1.82, 2.24) is 5.32 Å². The maximum atomic E-state index is 5.53. The highest BCUT2D eigenvalue weighted by atomic mass is 16.7. The number of ether oxygens (including phenoxy) is 2. The quantitative estimate of drug-likeness (QED) is 0.350. The van der Waals surface area contributed by atoms with Crippen molar-refractivity contribution in [3.63, 3.8) is 0 Å². The molecule has 0 spiro atoms. The molecule has 0 fully saturated rings. The maximum absolute atomic E-state index is 5.53. The van der Waals surface area contributed by atoms with Crippen molar-refractivity contribution < 1.29 is 9.47 Å². The first-order valence-electron chi connectivity index (χ1n) is 11.5. The Morgan fingerprint density at radius 1 is 0.871 bits per heavy atom. The highest BCUT2D eigenvalue weighted by molar-refractivity contribution is 5.44. The Balaban J connectivity index is 2.00. The lowest BCUT2D eigenvalue weighted by Gasteiger charge is -2.16. The summed E-state index contributed by atoms with van der Waals surface area (Å²) in [4.78, 5) is 0. The number of benzene rings is 1. The summed E-state index contributed by atoms with van der Waals surface area (Å²) in [7, 11) is 0. The fourth-order valence-corrected chi connectivity index (χ4v) is 3.54. The zero-order valence-electron chi connectivity index (χ0n) is 20.4. The number of rotatable bonds is 12. The standard InChI is InChI=1S/C28H41NO2/c1-21(2)9-7-11-23(5)13-15-26(17-24(6)12-8-10-22(3)4)29-19-25-14-16-27-28(18-25)31-20-30-27/h9-10,13-14,16-18,26,29H,7-8,11-12,15,19-20H2,1-6H3. The monoisotopic (exact) mass is 423 g/mol. The molecule has 0 saturated heterocycles. The van der Waals surface area contributed by atoms with Crippen LogP contribution in [-0.2, 0) is 6.54 Å². The summed E-state index contributed by atoms with van der Waals surface area (Å²) in [6.07, 6.45) is 14.9. The molecule has 1 aromatic carbocycles. The predicted molar refractivity (Wildman–Crippen MR) is 133 cm³/mol. The number of fused-ring (bicyclic) bond motifs is 1. The van der Waals surface area contributed by atoms with Gasteiger partial charge in [0.1, 0.15) is 0 Å². The minimum absolute atomic E-state index is 0.315. The molecule has 0 radical (unpaired) electrons. The van der Waals surface area contributed by atoms with E-state index in [-0.39, 0.29) is 0 Å². The van der Waals surface area contributed by atoms with Crippen LogP contribution in [0.3, 0.4) is 0 Å².